The number of nitrogens with two attached hydrogens (primary N) is 2. The number of morpholine rings is 1. The maximum Gasteiger partial charge on any atom is 0.409 e. The number of nitrogen functional groups attached to an aromatic ring is 1. The molecule has 1 fully saturated rings. The van der Waals surface area contributed by atoms with Gasteiger partial charge in [-0.2, -0.15) is 4.98 Å². The van der Waals surface area contributed by atoms with E-state index in [4.69, 9.17) is 37.3 Å². The SMILES string of the molecule is COc1cc(N2CCOCC2)c(N)cc1Nc1ncc(Cl)c(Nc2cc(OC(N)=O)ccc2S(C)(=O)=O)n1. The molecule has 3 aromatic rings. The summed E-state index contributed by atoms with van der Waals surface area (Å²) in [5, 5.41) is 6.03. The highest BCUT2D eigenvalue weighted by molar-refractivity contribution is 7.90. The molecule has 2 aromatic carbocycles. The lowest BCUT2D eigenvalue weighted by molar-refractivity contribution is 0.122. The van der Waals surface area contributed by atoms with E-state index in [2.05, 4.69) is 25.5 Å². The summed E-state index contributed by atoms with van der Waals surface area (Å²) in [6, 6.07) is 7.40. The first kappa shape index (κ1) is 27.0. The summed E-state index contributed by atoms with van der Waals surface area (Å²) in [4.78, 5) is 21.8. The molecule has 1 aliphatic heterocycles. The number of carbonyl (C=O) groups is 1. The second kappa shape index (κ2) is 11.2. The zero-order valence-electron chi connectivity index (χ0n) is 20.5. The smallest absolute Gasteiger partial charge is 0.409 e. The van der Waals surface area contributed by atoms with E-state index in [9.17, 15) is 13.2 Å². The van der Waals surface area contributed by atoms with Gasteiger partial charge in [0.05, 0.1) is 54.2 Å². The number of benzene rings is 2. The van der Waals surface area contributed by atoms with Gasteiger partial charge in [0.1, 0.15) is 16.5 Å². The number of nitrogens with one attached hydrogen (secondary N) is 2. The second-order valence-electron chi connectivity index (χ2n) is 8.20. The van der Waals surface area contributed by atoms with Crippen molar-refractivity contribution >= 4 is 62.0 Å². The maximum atomic E-state index is 12.3. The largest absolute Gasteiger partial charge is 0.494 e. The molecule has 6 N–H and O–H groups in total. The number of ether oxygens (including phenoxy) is 3. The van der Waals surface area contributed by atoms with Crippen LogP contribution in [0.3, 0.4) is 0 Å². The molecular weight excluding hydrogens is 538 g/mol. The van der Waals surface area contributed by atoms with Crippen LogP contribution in [0.15, 0.2) is 41.4 Å². The number of hydrogen-bond donors (Lipinski definition) is 4. The van der Waals surface area contributed by atoms with Crippen LogP contribution in [0.25, 0.3) is 0 Å². The molecule has 0 spiro atoms. The minimum Gasteiger partial charge on any atom is -0.494 e. The number of halogens is 1. The Balaban J connectivity index is 1.65. The molecule has 0 bridgehead atoms. The average molecular weight is 564 g/mol. The third-order valence-corrected chi connectivity index (χ3v) is 6.94. The van der Waals surface area contributed by atoms with Crippen LogP contribution in [0.4, 0.5) is 39.3 Å². The van der Waals surface area contributed by atoms with Crippen molar-refractivity contribution in [1.29, 1.82) is 0 Å². The summed E-state index contributed by atoms with van der Waals surface area (Å²) < 4.78 is 40.5. The van der Waals surface area contributed by atoms with E-state index in [0.29, 0.717) is 43.4 Å². The van der Waals surface area contributed by atoms with Crippen molar-refractivity contribution in [3.63, 3.8) is 0 Å². The van der Waals surface area contributed by atoms with Gasteiger partial charge in [0.2, 0.25) is 5.95 Å². The van der Waals surface area contributed by atoms with Crippen LogP contribution >= 0.6 is 11.6 Å². The average Bonchev–Trinajstić information content (AvgIpc) is 2.86. The fourth-order valence-electron chi connectivity index (χ4n) is 3.80. The molecule has 1 aliphatic rings. The van der Waals surface area contributed by atoms with Crippen molar-refractivity contribution in [1.82, 2.24) is 9.97 Å². The summed E-state index contributed by atoms with van der Waals surface area (Å²) >= 11 is 6.30. The monoisotopic (exact) mass is 563 g/mol. The second-order valence-corrected chi connectivity index (χ2v) is 10.6. The molecule has 0 aliphatic carbocycles. The molecule has 2 heterocycles. The van der Waals surface area contributed by atoms with E-state index in [1.54, 1.807) is 6.07 Å². The Morgan fingerprint density at radius 3 is 2.55 bits per heavy atom. The van der Waals surface area contributed by atoms with Crippen LogP contribution in [0.5, 0.6) is 11.5 Å². The lowest BCUT2D eigenvalue weighted by Gasteiger charge is -2.30. The zero-order chi connectivity index (χ0) is 27.4. The van der Waals surface area contributed by atoms with Crippen LogP contribution in [-0.4, -0.2) is 64.1 Å². The number of sulfone groups is 1. The van der Waals surface area contributed by atoms with Crippen LogP contribution in [0.1, 0.15) is 0 Å². The van der Waals surface area contributed by atoms with Crippen molar-refractivity contribution in [2.45, 2.75) is 4.90 Å². The first-order valence-electron chi connectivity index (χ1n) is 11.2. The standard InChI is InChI=1S/C23H26ClN7O6S/c1-35-19-11-18(31-5-7-36-8-6-31)15(25)10-16(19)29-23-27-12-14(24)21(30-23)28-17-9-13(37-22(26)32)3-4-20(17)38(2,33)34/h3-4,9-12H,5-8,25H2,1-2H3,(H2,26,32)(H2,27,28,29,30). The van der Waals surface area contributed by atoms with Crippen molar-refractivity contribution < 1.29 is 27.4 Å². The number of anilines is 6. The number of carbonyl (C=O) groups excluding carboxylic acids is 1. The third kappa shape index (κ3) is 6.27. The first-order valence-corrected chi connectivity index (χ1v) is 13.5. The number of amides is 1. The molecule has 0 saturated carbocycles. The summed E-state index contributed by atoms with van der Waals surface area (Å²) in [5.74, 6) is 0.738. The van der Waals surface area contributed by atoms with Gasteiger partial charge in [0, 0.05) is 31.5 Å². The highest BCUT2D eigenvalue weighted by atomic mass is 35.5. The van der Waals surface area contributed by atoms with E-state index < -0.39 is 15.9 Å². The van der Waals surface area contributed by atoms with Gasteiger partial charge >= 0.3 is 6.09 Å². The van der Waals surface area contributed by atoms with E-state index in [0.717, 1.165) is 11.9 Å². The van der Waals surface area contributed by atoms with E-state index in [1.807, 2.05) is 6.07 Å². The molecule has 1 aromatic heterocycles. The Bertz CT molecular complexity index is 1460. The normalized spacial score (nSPS) is 13.6. The van der Waals surface area contributed by atoms with Crippen LogP contribution in [0, 0.1) is 0 Å². The molecule has 1 amide bonds. The molecular formula is C23H26ClN7O6S. The summed E-state index contributed by atoms with van der Waals surface area (Å²) in [6.07, 6.45) is 1.32. The van der Waals surface area contributed by atoms with Gasteiger partial charge in [-0.25, -0.2) is 18.2 Å². The van der Waals surface area contributed by atoms with Crippen molar-refractivity contribution in [2.24, 2.45) is 5.73 Å². The molecule has 15 heteroatoms. The number of hydrogen-bond acceptors (Lipinski definition) is 12. The topological polar surface area (TPSA) is 184 Å². The maximum absolute atomic E-state index is 12.3. The van der Waals surface area contributed by atoms with Crippen LogP contribution in [-0.2, 0) is 14.6 Å². The fraction of sp³-hybridized carbons (Fsp3) is 0.261. The highest BCUT2D eigenvalue weighted by Crippen LogP contribution is 2.37. The fourth-order valence-corrected chi connectivity index (χ4v) is 4.77. The summed E-state index contributed by atoms with van der Waals surface area (Å²) in [5.41, 5.74) is 13.3. The van der Waals surface area contributed by atoms with Gasteiger partial charge in [-0.05, 0) is 18.2 Å². The van der Waals surface area contributed by atoms with Gasteiger partial charge in [0.15, 0.2) is 15.7 Å². The van der Waals surface area contributed by atoms with Gasteiger partial charge in [0.25, 0.3) is 0 Å². The van der Waals surface area contributed by atoms with Gasteiger partial charge < -0.3 is 41.2 Å². The summed E-state index contributed by atoms with van der Waals surface area (Å²) in [7, 11) is -2.15. The quantitative estimate of drug-likeness (QED) is 0.294. The number of primary amides is 1. The minimum absolute atomic E-state index is 0.0245. The molecule has 4 rings (SSSR count). The molecule has 0 radical (unpaired) electrons. The van der Waals surface area contributed by atoms with Crippen molar-refractivity contribution in [3.8, 4) is 11.5 Å². The Labute approximate surface area is 224 Å². The molecule has 1 saturated heterocycles. The number of aromatic nitrogens is 2. The molecule has 202 valence electrons. The van der Waals surface area contributed by atoms with Gasteiger partial charge in [-0.1, -0.05) is 11.6 Å². The minimum atomic E-state index is -3.68. The Kier molecular flexibility index (Phi) is 7.94. The molecule has 13 nitrogen and oxygen atoms in total. The first-order chi connectivity index (χ1) is 18.0. The van der Waals surface area contributed by atoms with E-state index >= 15 is 0 Å². The van der Waals surface area contributed by atoms with Crippen LogP contribution < -0.4 is 36.5 Å². The lowest BCUT2D eigenvalue weighted by Crippen LogP contribution is -2.36. The van der Waals surface area contributed by atoms with Crippen molar-refractivity contribution in [2.75, 3.05) is 60.9 Å². The van der Waals surface area contributed by atoms with Gasteiger partial charge in [-0.3, -0.25) is 0 Å². The predicted octanol–water partition coefficient (Wildman–Crippen LogP) is 2.91. The number of methoxy groups -OCH3 is 1. The number of nitrogens with zero attached hydrogens (tertiary/aromatic N) is 3. The van der Waals surface area contributed by atoms with E-state index in [-0.39, 0.29) is 33.1 Å². The van der Waals surface area contributed by atoms with E-state index in [1.165, 1.54) is 31.5 Å². The highest BCUT2D eigenvalue weighted by Gasteiger charge is 2.20. The lowest BCUT2D eigenvalue weighted by atomic mass is 10.2. The molecule has 0 unspecified atom stereocenters. The summed E-state index contributed by atoms with van der Waals surface area (Å²) in [6.45, 7) is 2.62. The predicted molar refractivity (Wildman–Crippen MR) is 144 cm³/mol. The van der Waals surface area contributed by atoms with Gasteiger partial charge in [-0.15, -0.1) is 0 Å². The molecule has 0 atom stereocenters. The Hall–Kier alpha value is -4.01. The zero-order valence-corrected chi connectivity index (χ0v) is 22.1. The Morgan fingerprint density at radius 1 is 1.16 bits per heavy atom. The van der Waals surface area contributed by atoms with Crippen molar-refractivity contribution in [3.05, 3.63) is 41.6 Å². The van der Waals surface area contributed by atoms with Crippen LogP contribution in [0.2, 0.25) is 5.02 Å². The third-order valence-electron chi connectivity index (χ3n) is 5.51. The Morgan fingerprint density at radius 2 is 1.89 bits per heavy atom. The molecule has 38 heavy (non-hydrogen) atoms. The number of rotatable bonds is 8.